The molecule has 1 aliphatic rings. The fourth-order valence-electron chi connectivity index (χ4n) is 3.07. The summed E-state index contributed by atoms with van der Waals surface area (Å²) in [6.07, 6.45) is 2.20. The number of hydrogen-bond acceptors (Lipinski definition) is 3. The van der Waals surface area contributed by atoms with Crippen molar-refractivity contribution in [2.24, 2.45) is 17.3 Å². The minimum Gasteiger partial charge on any atom is -0.491 e. The van der Waals surface area contributed by atoms with Gasteiger partial charge in [0.15, 0.2) is 0 Å². The summed E-state index contributed by atoms with van der Waals surface area (Å²) < 4.78 is 5.55. The third kappa shape index (κ3) is 4.62. The normalized spacial score (nSPS) is 20.6. The van der Waals surface area contributed by atoms with Gasteiger partial charge in [-0.15, -0.1) is 0 Å². The first-order chi connectivity index (χ1) is 11.6. The van der Waals surface area contributed by atoms with Crippen LogP contribution in [0.2, 0.25) is 0 Å². The lowest BCUT2D eigenvalue weighted by atomic mass is 10.1. The maximum Gasteiger partial charge on any atom is 0.269 e. The number of carbonyl (C=O) groups excluding carboxylic acids is 2. The van der Waals surface area contributed by atoms with Crippen molar-refractivity contribution in [3.8, 4) is 5.75 Å². The largest absolute Gasteiger partial charge is 0.491 e. The zero-order valence-corrected chi connectivity index (χ0v) is 15.8. The van der Waals surface area contributed by atoms with Gasteiger partial charge in [0.25, 0.3) is 5.91 Å². The van der Waals surface area contributed by atoms with Gasteiger partial charge in [-0.2, -0.15) is 0 Å². The number of ether oxygens (including phenoxy) is 1. The summed E-state index contributed by atoms with van der Waals surface area (Å²) in [7, 11) is 0. The van der Waals surface area contributed by atoms with E-state index in [1.54, 1.807) is 24.3 Å². The summed E-state index contributed by atoms with van der Waals surface area (Å²) in [6, 6.07) is 6.83. The highest BCUT2D eigenvalue weighted by Gasteiger charge is 2.60. The predicted octanol–water partition coefficient (Wildman–Crippen LogP) is 3.47. The van der Waals surface area contributed by atoms with E-state index in [9.17, 15) is 9.59 Å². The Morgan fingerprint density at radius 1 is 1.12 bits per heavy atom. The van der Waals surface area contributed by atoms with E-state index in [4.69, 9.17) is 4.74 Å². The van der Waals surface area contributed by atoms with Crippen LogP contribution in [0.25, 0.3) is 0 Å². The Kier molecular flexibility index (Phi) is 5.55. The van der Waals surface area contributed by atoms with E-state index in [1.165, 1.54) is 5.57 Å². The Labute approximate surface area is 149 Å². The Morgan fingerprint density at radius 2 is 1.72 bits per heavy atom. The number of hydrazine groups is 1. The number of rotatable bonds is 5. The molecule has 2 amide bonds. The van der Waals surface area contributed by atoms with Crippen LogP contribution >= 0.6 is 0 Å². The highest BCUT2D eigenvalue weighted by molar-refractivity contribution is 5.96. The van der Waals surface area contributed by atoms with E-state index < -0.39 is 0 Å². The summed E-state index contributed by atoms with van der Waals surface area (Å²) >= 11 is 0. The lowest BCUT2D eigenvalue weighted by Crippen LogP contribution is -2.43. The lowest BCUT2D eigenvalue weighted by Gasteiger charge is -2.11. The minimum absolute atomic E-state index is 0.0783. The maximum absolute atomic E-state index is 12.3. The highest BCUT2D eigenvalue weighted by Crippen LogP contribution is 2.59. The number of amides is 2. The van der Waals surface area contributed by atoms with Crippen LogP contribution < -0.4 is 15.6 Å². The van der Waals surface area contributed by atoms with Crippen LogP contribution in [0.1, 0.15) is 51.9 Å². The molecule has 2 rings (SSSR count). The summed E-state index contributed by atoms with van der Waals surface area (Å²) in [5, 5.41) is 0. The molecular formula is C20H28N2O3. The van der Waals surface area contributed by atoms with Crippen molar-refractivity contribution < 1.29 is 14.3 Å². The standard InChI is InChI=1S/C20H28N2O3/c1-12(2)11-16-17(20(16,5)6)19(24)22-21-18(23)14-7-9-15(10-8-14)25-13(3)4/h7-11,13,16-17H,1-6H3,(H,21,23)(H,22,24)/t16-,17+/m1/s1. The first kappa shape index (κ1) is 19.0. The number of benzene rings is 1. The number of hydrogen-bond donors (Lipinski definition) is 2. The summed E-state index contributed by atoms with van der Waals surface area (Å²) in [5.41, 5.74) is 6.62. The van der Waals surface area contributed by atoms with E-state index in [1.807, 2.05) is 27.7 Å². The SMILES string of the molecule is CC(C)=C[C@@H]1[C@@H](C(=O)NNC(=O)c2ccc(OC(C)C)cc2)C1(C)C. The van der Waals surface area contributed by atoms with Crippen molar-refractivity contribution in [2.75, 3.05) is 0 Å². The fourth-order valence-corrected chi connectivity index (χ4v) is 3.07. The minimum atomic E-state index is -0.346. The van der Waals surface area contributed by atoms with Crippen molar-refractivity contribution in [2.45, 2.75) is 47.6 Å². The van der Waals surface area contributed by atoms with Crippen LogP contribution in [0.4, 0.5) is 0 Å². The van der Waals surface area contributed by atoms with Gasteiger partial charge < -0.3 is 4.74 Å². The number of allylic oxidation sites excluding steroid dienone is 2. The Hall–Kier alpha value is -2.30. The van der Waals surface area contributed by atoms with E-state index in [-0.39, 0.29) is 35.2 Å². The van der Waals surface area contributed by atoms with Crippen LogP contribution in [-0.2, 0) is 4.79 Å². The molecule has 1 aliphatic carbocycles. The van der Waals surface area contributed by atoms with Gasteiger partial charge in [-0.25, -0.2) is 0 Å². The monoisotopic (exact) mass is 344 g/mol. The van der Waals surface area contributed by atoms with Crippen LogP contribution in [0.3, 0.4) is 0 Å². The lowest BCUT2D eigenvalue weighted by molar-refractivity contribution is -0.123. The molecule has 0 aliphatic heterocycles. The molecule has 1 aromatic rings. The third-order valence-electron chi connectivity index (χ3n) is 4.49. The van der Waals surface area contributed by atoms with Gasteiger partial charge in [0.05, 0.1) is 12.0 Å². The molecule has 25 heavy (non-hydrogen) atoms. The van der Waals surface area contributed by atoms with E-state index in [0.29, 0.717) is 11.3 Å². The predicted molar refractivity (Wildman–Crippen MR) is 98.0 cm³/mol. The zero-order valence-electron chi connectivity index (χ0n) is 15.8. The molecule has 0 heterocycles. The second-order valence-corrected chi connectivity index (χ2v) is 7.70. The Balaban J connectivity index is 1.90. The van der Waals surface area contributed by atoms with E-state index in [0.717, 1.165) is 0 Å². The molecule has 0 bridgehead atoms. The van der Waals surface area contributed by atoms with Gasteiger partial charge in [0.1, 0.15) is 5.75 Å². The molecule has 5 nitrogen and oxygen atoms in total. The average Bonchev–Trinajstić information content (AvgIpc) is 3.04. The zero-order chi connectivity index (χ0) is 18.8. The van der Waals surface area contributed by atoms with Crippen molar-refractivity contribution in [1.82, 2.24) is 10.9 Å². The van der Waals surface area contributed by atoms with Crippen LogP contribution in [-0.4, -0.2) is 17.9 Å². The van der Waals surface area contributed by atoms with E-state index >= 15 is 0 Å². The molecule has 1 aromatic carbocycles. The van der Waals surface area contributed by atoms with Gasteiger partial charge in [0, 0.05) is 5.56 Å². The number of nitrogens with one attached hydrogen (secondary N) is 2. The first-order valence-corrected chi connectivity index (χ1v) is 8.65. The summed E-state index contributed by atoms with van der Waals surface area (Å²) in [6.45, 7) is 12.1. The van der Waals surface area contributed by atoms with Crippen LogP contribution in [0.15, 0.2) is 35.9 Å². The summed E-state index contributed by atoms with van der Waals surface area (Å²) in [4.78, 5) is 24.5. The quantitative estimate of drug-likeness (QED) is 0.635. The van der Waals surface area contributed by atoms with Gasteiger partial charge in [-0.05, 0) is 63.3 Å². The van der Waals surface area contributed by atoms with Gasteiger partial charge >= 0.3 is 0 Å². The molecule has 136 valence electrons. The van der Waals surface area contributed by atoms with Crippen molar-refractivity contribution >= 4 is 11.8 Å². The topological polar surface area (TPSA) is 67.4 Å². The molecule has 0 unspecified atom stereocenters. The van der Waals surface area contributed by atoms with Crippen LogP contribution in [0, 0.1) is 17.3 Å². The molecule has 2 N–H and O–H groups in total. The molecule has 1 saturated carbocycles. The smallest absolute Gasteiger partial charge is 0.269 e. The molecular weight excluding hydrogens is 316 g/mol. The molecule has 2 atom stereocenters. The van der Waals surface area contributed by atoms with Gasteiger partial charge in [0.2, 0.25) is 5.91 Å². The summed E-state index contributed by atoms with van der Waals surface area (Å²) in [5.74, 6) is 0.300. The first-order valence-electron chi connectivity index (χ1n) is 8.65. The molecule has 0 radical (unpaired) electrons. The van der Waals surface area contributed by atoms with Crippen molar-refractivity contribution in [3.63, 3.8) is 0 Å². The molecule has 0 saturated heterocycles. The Morgan fingerprint density at radius 3 is 2.24 bits per heavy atom. The third-order valence-corrected chi connectivity index (χ3v) is 4.49. The molecule has 5 heteroatoms. The fraction of sp³-hybridized carbons (Fsp3) is 0.500. The Bertz CT molecular complexity index is 671. The molecule has 0 aromatic heterocycles. The van der Waals surface area contributed by atoms with Crippen LogP contribution in [0.5, 0.6) is 5.75 Å². The van der Waals surface area contributed by atoms with Gasteiger partial charge in [-0.1, -0.05) is 25.5 Å². The second-order valence-electron chi connectivity index (χ2n) is 7.70. The van der Waals surface area contributed by atoms with Crippen molar-refractivity contribution in [3.05, 3.63) is 41.5 Å². The number of carbonyl (C=O) groups is 2. The van der Waals surface area contributed by atoms with E-state index in [2.05, 4.69) is 30.8 Å². The second kappa shape index (κ2) is 7.30. The maximum atomic E-state index is 12.3. The highest BCUT2D eigenvalue weighted by atomic mass is 16.5. The molecule has 1 fully saturated rings. The van der Waals surface area contributed by atoms with Gasteiger partial charge in [-0.3, -0.25) is 20.4 Å². The molecule has 0 spiro atoms. The average molecular weight is 344 g/mol. The van der Waals surface area contributed by atoms with Crippen molar-refractivity contribution in [1.29, 1.82) is 0 Å².